The Morgan fingerprint density at radius 3 is 2.47 bits per heavy atom. The number of ether oxygens (including phenoxy) is 1. The Hall–Kier alpha value is -3.98. The van der Waals surface area contributed by atoms with Gasteiger partial charge in [-0.15, -0.1) is 11.3 Å². The van der Waals surface area contributed by atoms with Gasteiger partial charge >= 0.3 is 5.97 Å². The van der Waals surface area contributed by atoms with Crippen LogP contribution in [0.4, 0.5) is 5.69 Å². The molecule has 0 spiro atoms. The summed E-state index contributed by atoms with van der Waals surface area (Å²) in [6.07, 6.45) is 2.17. The molecular weight excluding hydrogens is 474 g/mol. The third-order valence-electron chi connectivity index (χ3n) is 6.13. The van der Waals surface area contributed by atoms with Gasteiger partial charge in [0.1, 0.15) is 0 Å². The number of hydrogen-bond donors (Lipinski definition) is 0. The molecule has 1 aliphatic rings. The minimum atomic E-state index is -0.462. The second kappa shape index (κ2) is 10.7. The Morgan fingerprint density at radius 1 is 1.00 bits per heavy atom. The predicted octanol–water partition coefficient (Wildman–Crippen LogP) is 4.06. The van der Waals surface area contributed by atoms with E-state index in [4.69, 9.17) is 4.74 Å². The predicted molar refractivity (Wildman–Crippen MR) is 140 cm³/mol. The Morgan fingerprint density at radius 2 is 1.81 bits per heavy atom. The highest BCUT2D eigenvalue weighted by molar-refractivity contribution is 7.10. The van der Waals surface area contributed by atoms with Gasteiger partial charge in [0.05, 0.1) is 18.7 Å². The van der Waals surface area contributed by atoms with Crippen LogP contribution in [0.25, 0.3) is 17.1 Å². The van der Waals surface area contributed by atoms with Gasteiger partial charge in [0.2, 0.25) is 5.91 Å². The molecular formula is C27H27N5O3S. The minimum absolute atomic E-state index is 0.188. The number of hydrogen-bond acceptors (Lipinski definition) is 7. The Kier molecular flexibility index (Phi) is 7.08. The molecule has 5 rings (SSSR count). The van der Waals surface area contributed by atoms with Crippen LogP contribution in [0.2, 0.25) is 0 Å². The molecule has 0 atom stereocenters. The van der Waals surface area contributed by atoms with E-state index in [0.717, 1.165) is 34.9 Å². The van der Waals surface area contributed by atoms with Gasteiger partial charge in [-0.3, -0.25) is 4.79 Å². The van der Waals surface area contributed by atoms with Crippen molar-refractivity contribution in [3.05, 3.63) is 82.8 Å². The number of nitrogens with zero attached hydrogens (tertiary/aromatic N) is 5. The number of rotatable bonds is 7. The number of carbonyl (C=O) groups is 2. The molecule has 0 aliphatic carbocycles. The van der Waals surface area contributed by atoms with Crippen molar-refractivity contribution < 1.29 is 14.3 Å². The summed E-state index contributed by atoms with van der Waals surface area (Å²) >= 11 is 1.62. The van der Waals surface area contributed by atoms with Gasteiger partial charge in [-0.2, -0.15) is 5.10 Å². The van der Waals surface area contributed by atoms with E-state index in [0.29, 0.717) is 25.3 Å². The van der Waals surface area contributed by atoms with Crippen LogP contribution in [0.1, 0.15) is 22.3 Å². The van der Waals surface area contributed by atoms with Crippen LogP contribution in [0.5, 0.6) is 0 Å². The molecule has 0 unspecified atom stereocenters. The Labute approximate surface area is 213 Å². The van der Waals surface area contributed by atoms with Gasteiger partial charge in [0.25, 0.3) is 0 Å². The third kappa shape index (κ3) is 5.16. The molecule has 1 fully saturated rings. The van der Waals surface area contributed by atoms with Crippen LogP contribution in [-0.2, 0) is 16.0 Å². The fourth-order valence-electron chi connectivity index (χ4n) is 4.28. The molecule has 1 aliphatic heterocycles. The maximum atomic E-state index is 12.6. The molecule has 1 saturated heterocycles. The van der Waals surface area contributed by atoms with Crippen LogP contribution in [-0.4, -0.2) is 64.3 Å². The topological polar surface area (TPSA) is 80.6 Å². The number of aromatic nitrogens is 3. The molecule has 3 aromatic heterocycles. The van der Waals surface area contributed by atoms with Crippen molar-refractivity contribution in [3.8, 4) is 17.1 Å². The largest absolute Gasteiger partial charge is 0.461 e. The molecule has 1 aromatic carbocycles. The molecule has 0 saturated carbocycles. The summed E-state index contributed by atoms with van der Waals surface area (Å²) < 4.78 is 6.82. The molecule has 0 radical (unpaired) electrons. The van der Waals surface area contributed by atoms with Crippen molar-refractivity contribution in [1.82, 2.24) is 19.7 Å². The molecule has 0 N–H and O–H groups in total. The van der Waals surface area contributed by atoms with Gasteiger partial charge in [0.15, 0.2) is 11.5 Å². The van der Waals surface area contributed by atoms with Crippen LogP contribution in [0, 0.1) is 0 Å². The Bertz CT molecular complexity index is 1310. The van der Waals surface area contributed by atoms with E-state index >= 15 is 0 Å². The summed E-state index contributed by atoms with van der Waals surface area (Å²) in [6.45, 7) is 5.05. The number of pyridine rings is 1. The van der Waals surface area contributed by atoms with Crippen molar-refractivity contribution in [2.24, 2.45) is 0 Å². The summed E-state index contributed by atoms with van der Waals surface area (Å²) in [5.41, 5.74) is 3.01. The van der Waals surface area contributed by atoms with Crippen LogP contribution < -0.4 is 4.90 Å². The number of piperazine rings is 1. The van der Waals surface area contributed by atoms with E-state index in [1.807, 2.05) is 52.7 Å². The molecule has 1 amide bonds. The first kappa shape index (κ1) is 23.7. The quantitative estimate of drug-likeness (QED) is 0.355. The van der Waals surface area contributed by atoms with Crippen molar-refractivity contribution >= 4 is 28.9 Å². The molecule has 36 heavy (non-hydrogen) atoms. The van der Waals surface area contributed by atoms with E-state index in [1.165, 1.54) is 0 Å². The van der Waals surface area contributed by atoms with Crippen LogP contribution >= 0.6 is 11.3 Å². The SMILES string of the molecule is CCOC(=O)c1cc(-c2ccc(N3CCN(C(=O)Cc4cccs4)CC3)cc2)n(-c2ccccn2)n1. The highest BCUT2D eigenvalue weighted by atomic mass is 32.1. The Balaban J connectivity index is 1.30. The lowest BCUT2D eigenvalue weighted by Crippen LogP contribution is -2.49. The number of carbonyl (C=O) groups excluding carboxylic acids is 2. The smallest absolute Gasteiger partial charge is 0.358 e. The summed E-state index contributed by atoms with van der Waals surface area (Å²) in [5.74, 6) is 0.347. The maximum absolute atomic E-state index is 12.6. The van der Waals surface area contributed by atoms with Crippen molar-refractivity contribution in [3.63, 3.8) is 0 Å². The van der Waals surface area contributed by atoms with E-state index in [1.54, 1.807) is 35.2 Å². The van der Waals surface area contributed by atoms with E-state index in [2.05, 4.69) is 27.1 Å². The zero-order chi connectivity index (χ0) is 24.9. The molecule has 9 heteroatoms. The van der Waals surface area contributed by atoms with E-state index < -0.39 is 5.97 Å². The highest BCUT2D eigenvalue weighted by Gasteiger charge is 2.22. The summed E-state index contributed by atoms with van der Waals surface area (Å²) in [5, 5.41) is 6.48. The van der Waals surface area contributed by atoms with Crippen molar-refractivity contribution in [2.45, 2.75) is 13.3 Å². The second-order valence-corrected chi connectivity index (χ2v) is 9.44. The first-order valence-electron chi connectivity index (χ1n) is 12.0. The number of amides is 1. The lowest BCUT2D eigenvalue weighted by atomic mass is 10.1. The van der Waals surface area contributed by atoms with Gasteiger partial charge < -0.3 is 14.5 Å². The van der Waals surface area contributed by atoms with Gasteiger partial charge in [0, 0.05) is 48.5 Å². The minimum Gasteiger partial charge on any atom is -0.461 e. The van der Waals surface area contributed by atoms with E-state index in [-0.39, 0.29) is 18.2 Å². The molecule has 4 heterocycles. The second-order valence-electron chi connectivity index (χ2n) is 8.41. The third-order valence-corrected chi connectivity index (χ3v) is 7.00. The standard InChI is InChI=1S/C27H27N5O3S/c1-2-35-27(34)23-19-24(32(29-23)25-7-3-4-12-28-25)20-8-10-21(11-9-20)30-13-15-31(16-14-30)26(33)18-22-6-5-17-36-22/h3-12,17,19H,2,13-16,18H2,1H3. The summed E-state index contributed by atoms with van der Waals surface area (Å²) in [7, 11) is 0. The van der Waals surface area contributed by atoms with Crippen molar-refractivity contribution in [2.75, 3.05) is 37.7 Å². The van der Waals surface area contributed by atoms with Gasteiger partial charge in [-0.25, -0.2) is 14.5 Å². The monoisotopic (exact) mass is 501 g/mol. The molecule has 8 nitrogen and oxygen atoms in total. The molecule has 0 bridgehead atoms. The normalized spacial score (nSPS) is 13.6. The maximum Gasteiger partial charge on any atom is 0.358 e. The van der Waals surface area contributed by atoms with Crippen LogP contribution in [0.3, 0.4) is 0 Å². The number of anilines is 1. The first-order valence-corrected chi connectivity index (χ1v) is 12.8. The van der Waals surface area contributed by atoms with Gasteiger partial charge in [-0.05, 0) is 48.7 Å². The molecule has 184 valence electrons. The fourth-order valence-corrected chi connectivity index (χ4v) is 4.97. The number of esters is 1. The zero-order valence-corrected chi connectivity index (χ0v) is 20.9. The highest BCUT2D eigenvalue weighted by Crippen LogP contribution is 2.27. The van der Waals surface area contributed by atoms with Gasteiger partial charge in [-0.1, -0.05) is 24.3 Å². The zero-order valence-electron chi connectivity index (χ0n) is 20.0. The van der Waals surface area contributed by atoms with E-state index in [9.17, 15) is 9.59 Å². The number of benzene rings is 1. The van der Waals surface area contributed by atoms with Crippen molar-refractivity contribution in [1.29, 1.82) is 0 Å². The first-order chi connectivity index (χ1) is 17.6. The number of thiophene rings is 1. The summed E-state index contributed by atoms with van der Waals surface area (Å²) in [6, 6.07) is 19.5. The summed E-state index contributed by atoms with van der Waals surface area (Å²) in [4.78, 5) is 34.7. The average Bonchev–Trinajstić information content (AvgIpc) is 3.60. The fraction of sp³-hybridized carbons (Fsp3) is 0.259. The molecule has 4 aromatic rings. The lowest BCUT2D eigenvalue weighted by molar-refractivity contribution is -0.130. The lowest BCUT2D eigenvalue weighted by Gasteiger charge is -2.36. The average molecular weight is 502 g/mol. The van der Waals surface area contributed by atoms with Crippen LogP contribution in [0.15, 0.2) is 72.2 Å².